The van der Waals surface area contributed by atoms with Crippen LogP contribution in [0.25, 0.3) is 6.08 Å². The number of ketones is 1. The first-order valence-corrected chi connectivity index (χ1v) is 10.7. The molecule has 2 aromatic rings. The van der Waals surface area contributed by atoms with Gasteiger partial charge in [0.2, 0.25) is 0 Å². The molecule has 2 rings (SSSR count). The lowest BCUT2D eigenvalue weighted by molar-refractivity contribution is -0.138. The van der Waals surface area contributed by atoms with E-state index in [0.717, 1.165) is 29.4 Å². The monoisotopic (exact) mass is 464 g/mol. The number of hydrogen-bond donors (Lipinski definition) is 1. The van der Waals surface area contributed by atoms with E-state index in [1.807, 2.05) is 25.1 Å². The summed E-state index contributed by atoms with van der Waals surface area (Å²) in [6, 6.07) is 11.7. The summed E-state index contributed by atoms with van der Waals surface area (Å²) in [5.74, 6) is -0.377. The van der Waals surface area contributed by atoms with E-state index in [1.54, 1.807) is 18.2 Å². The van der Waals surface area contributed by atoms with Crippen molar-refractivity contribution in [3.63, 3.8) is 0 Å². The van der Waals surface area contributed by atoms with Gasteiger partial charge in [-0.1, -0.05) is 25.3 Å². The van der Waals surface area contributed by atoms with Crippen molar-refractivity contribution in [3.8, 4) is 11.5 Å². The van der Waals surface area contributed by atoms with Gasteiger partial charge in [-0.15, -0.1) is 0 Å². The van der Waals surface area contributed by atoms with E-state index in [-0.39, 0.29) is 17.1 Å². The molecule has 7 heteroatoms. The zero-order valence-electron chi connectivity index (χ0n) is 19.1. The van der Waals surface area contributed by atoms with E-state index in [1.165, 1.54) is 18.2 Å². The fourth-order valence-corrected chi connectivity index (χ4v) is 2.74. The summed E-state index contributed by atoms with van der Waals surface area (Å²) < 4.78 is 15.7. The fourth-order valence-electron chi connectivity index (χ4n) is 2.74. The minimum absolute atomic E-state index is 0.0542. The molecule has 178 valence electrons. The number of rotatable bonds is 13. The van der Waals surface area contributed by atoms with E-state index in [4.69, 9.17) is 19.3 Å². The Labute approximate surface area is 199 Å². The zero-order valence-corrected chi connectivity index (χ0v) is 19.1. The Morgan fingerprint density at radius 1 is 1.00 bits per heavy atom. The number of unbranched alkanes of at least 4 members (excludes halogenated alkanes) is 1. The number of benzene rings is 2. The fraction of sp³-hybridized carbons (Fsp3) is 0.222. The summed E-state index contributed by atoms with van der Waals surface area (Å²) in [5.41, 5.74) is 2.22. The molecule has 2 aromatic carbocycles. The molecule has 0 spiro atoms. The molecule has 0 bridgehead atoms. The van der Waals surface area contributed by atoms with Crippen LogP contribution in [0.15, 0.2) is 73.3 Å². The molecule has 0 aromatic heterocycles. The lowest BCUT2D eigenvalue weighted by Gasteiger charge is -2.09. The highest BCUT2D eigenvalue weighted by molar-refractivity contribution is 6.07. The van der Waals surface area contributed by atoms with Gasteiger partial charge in [-0.3, -0.25) is 4.79 Å². The number of esters is 2. The number of ether oxygens (including phenoxy) is 3. The van der Waals surface area contributed by atoms with E-state index in [2.05, 4.69) is 13.2 Å². The number of carbonyl (C=O) groups excluding carboxylic acids is 3. The first kappa shape index (κ1) is 26.3. The summed E-state index contributed by atoms with van der Waals surface area (Å²) in [6.45, 7) is 9.01. The normalized spacial score (nSPS) is 10.5. The van der Waals surface area contributed by atoms with E-state index in [0.29, 0.717) is 25.2 Å². The third-order valence-electron chi connectivity index (χ3n) is 4.70. The van der Waals surface area contributed by atoms with Gasteiger partial charge in [0.1, 0.15) is 11.5 Å². The highest BCUT2D eigenvalue weighted by Crippen LogP contribution is 2.20. The average Bonchev–Trinajstić information content (AvgIpc) is 2.85. The molecule has 0 saturated heterocycles. The Bertz CT molecular complexity index is 1060. The third kappa shape index (κ3) is 8.52. The van der Waals surface area contributed by atoms with Crippen LogP contribution in [0.3, 0.4) is 0 Å². The van der Waals surface area contributed by atoms with Crippen LogP contribution in [-0.2, 0) is 14.3 Å². The quantitative estimate of drug-likeness (QED) is 0.156. The lowest BCUT2D eigenvalue weighted by atomic mass is 10.1. The molecule has 0 heterocycles. The predicted octanol–water partition coefficient (Wildman–Crippen LogP) is 4.23. The second kappa shape index (κ2) is 13.5. The van der Waals surface area contributed by atoms with Crippen LogP contribution in [0.2, 0.25) is 0 Å². The molecule has 0 aliphatic carbocycles. The molecule has 0 radical (unpaired) electrons. The van der Waals surface area contributed by atoms with Gasteiger partial charge in [0, 0.05) is 11.6 Å². The smallest absolute Gasteiger partial charge is 0.341 e. The SMILES string of the molecule is C=CC(=O)OCCCCOc1ccc(/C=C/C(=O)c2ccc(OC(=O)C(=C)CO)cc2)c(C)c1. The summed E-state index contributed by atoms with van der Waals surface area (Å²) in [7, 11) is 0. The standard InChI is InChI=1S/C27H28O7/c1-4-26(30)33-16-6-5-15-32-24-13-7-21(19(2)17-24)10-14-25(29)22-8-11-23(12-9-22)34-27(31)20(3)18-28/h4,7-14,17,28H,1,3,5-6,15-16,18H2,2H3/b14-10+. The average molecular weight is 465 g/mol. The molecular formula is C27H28O7. The number of aliphatic hydroxyl groups excluding tert-OH is 1. The zero-order chi connectivity index (χ0) is 24.9. The molecule has 0 saturated carbocycles. The first-order chi connectivity index (χ1) is 16.3. The van der Waals surface area contributed by atoms with E-state index >= 15 is 0 Å². The number of hydrogen-bond acceptors (Lipinski definition) is 7. The van der Waals surface area contributed by atoms with Gasteiger partial charge in [-0.25, -0.2) is 9.59 Å². The molecule has 0 atom stereocenters. The lowest BCUT2D eigenvalue weighted by Crippen LogP contribution is -2.12. The van der Waals surface area contributed by atoms with Crippen molar-refractivity contribution in [3.05, 3.63) is 90.0 Å². The van der Waals surface area contributed by atoms with Crippen LogP contribution in [-0.4, -0.2) is 42.6 Å². The minimum atomic E-state index is -0.724. The summed E-state index contributed by atoms with van der Waals surface area (Å²) in [4.78, 5) is 35.1. The van der Waals surface area contributed by atoms with Gasteiger partial charge in [-0.2, -0.15) is 0 Å². The molecule has 0 unspecified atom stereocenters. The van der Waals surface area contributed by atoms with Crippen molar-refractivity contribution < 1.29 is 33.7 Å². The molecule has 1 N–H and O–H groups in total. The second-order valence-corrected chi connectivity index (χ2v) is 7.32. The number of allylic oxidation sites excluding steroid dienone is 1. The number of aliphatic hydroxyl groups is 1. The molecule has 7 nitrogen and oxygen atoms in total. The summed E-state index contributed by atoms with van der Waals surface area (Å²) in [6.07, 6.45) is 5.78. The Kier molecular flexibility index (Phi) is 10.5. The number of aryl methyl sites for hydroxylation is 1. The highest BCUT2D eigenvalue weighted by atomic mass is 16.5. The molecule has 0 fully saturated rings. The molecule has 0 aliphatic rings. The van der Waals surface area contributed by atoms with Crippen molar-refractivity contribution in [2.24, 2.45) is 0 Å². The van der Waals surface area contributed by atoms with Crippen LogP contribution >= 0.6 is 0 Å². The maximum absolute atomic E-state index is 12.5. The number of carbonyl (C=O) groups is 3. The third-order valence-corrected chi connectivity index (χ3v) is 4.70. The van der Waals surface area contributed by atoms with Crippen LogP contribution in [0, 0.1) is 6.92 Å². The van der Waals surface area contributed by atoms with Gasteiger partial charge < -0.3 is 19.3 Å². The highest BCUT2D eigenvalue weighted by Gasteiger charge is 2.09. The molecule has 34 heavy (non-hydrogen) atoms. The maximum Gasteiger partial charge on any atom is 0.341 e. The van der Waals surface area contributed by atoms with E-state index in [9.17, 15) is 14.4 Å². The van der Waals surface area contributed by atoms with Crippen LogP contribution < -0.4 is 9.47 Å². The molecule has 0 amide bonds. The Hall–Kier alpha value is -3.97. The van der Waals surface area contributed by atoms with Gasteiger partial charge in [0.05, 0.1) is 25.4 Å². The van der Waals surface area contributed by atoms with Crippen LogP contribution in [0.1, 0.15) is 34.3 Å². The van der Waals surface area contributed by atoms with Crippen LogP contribution in [0.4, 0.5) is 0 Å². The maximum atomic E-state index is 12.5. The molecule has 0 aliphatic heterocycles. The summed E-state index contributed by atoms with van der Waals surface area (Å²) >= 11 is 0. The Morgan fingerprint density at radius 3 is 2.32 bits per heavy atom. The van der Waals surface area contributed by atoms with Crippen molar-refractivity contribution in [2.45, 2.75) is 19.8 Å². The summed E-state index contributed by atoms with van der Waals surface area (Å²) in [5, 5.41) is 8.90. The van der Waals surface area contributed by atoms with Crippen molar-refractivity contribution in [2.75, 3.05) is 19.8 Å². The van der Waals surface area contributed by atoms with Crippen molar-refractivity contribution in [1.29, 1.82) is 0 Å². The van der Waals surface area contributed by atoms with Gasteiger partial charge in [0.15, 0.2) is 5.78 Å². The van der Waals surface area contributed by atoms with Crippen molar-refractivity contribution >= 4 is 23.8 Å². The minimum Gasteiger partial charge on any atom is -0.494 e. The van der Waals surface area contributed by atoms with Gasteiger partial charge >= 0.3 is 11.9 Å². The van der Waals surface area contributed by atoms with Gasteiger partial charge in [-0.05, 0) is 73.4 Å². The second-order valence-electron chi connectivity index (χ2n) is 7.32. The van der Waals surface area contributed by atoms with Crippen LogP contribution in [0.5, 0.6) is 11.5 Å². The first-order valence-electron chi connectivity index (χ1n) is 10.7. The Morgan fingerprint density at radius 2 is 1.68 bits per heavy atom. The largest absolute Gasteiger partial charge is 0.494 e. The Balaban J connectivity index is 1.86. The van der Waals surface area contributed by atoms with E-state index < -0.39 is 18.5 Å². The van der Waals surface area contributed by atoms with Crippen molar-refractivity contribution in [1.82, 2.24) is 0 Å². The topological polar surface area (TPSA) is 99.1 Å². The predicted molar refractivity (Wildman–Crippen MR) is 129 cm³/mol. The van der Waals surface area contributed by atoms with Gasteiger partial charge in [0.25, 0.3) is 0 Å². The molecular weight excluding hydrogens is 436 g/mol.